The highest BCUT2D eigenvalue weighted by Crippen LogP contribution is 2.23. The number of aryl methyl sites for hydroxylation is 1. The van der Waals surface area contributed by atoms with Gasteiger partial charge in [0, 0.05) is 35.4 Å². The van der Waals surface area contributed by atoms with Crippen molar-refractivity contribution in [3.05, 3.63) is 66.0 Å². The summed E-state index contributed by atoms with van der Waals surface area (Å²) in [6.45, 7) is 3.00. The zero-order valence-corrected chi connectivity index (χ0v) is 15.6. The molecule has 0 atom stereocenters. The second-order valence-electron chi connectivity index (χ2n) is 6.83. The van der Waals surface area contributed by atoms with Crippen molar-refractivity contribution < 1.29 is 9.53 Å². The molecule has 0 aliphatic heterocycles. The van der Waals surface area contributed by atoms with Crippen molar-refractivity contribution in [2.45, 2.75) is 19.9 Å². The van der Waals surface area contributed by atoms with Crippen LogP contribution < -0.4 is 10.1 Å². The number of aromatic nitrogens is 2. The topological polar surface area (TPSA) is 59.0 Å². The third-order valence-corrected chi connectivity index (χ3v) is 4.93. The highest BCUT2D eigenvalue weighted by Gasteiger charge is 2.08. The SMILES string of the molecule is COc1ccc2[nH]cc(CCNC(=O)Cn3ccc4cc(C)ccc43)c2c1. The second kappa shape index (κ2) is 7.19. The quantitative estimate of drug-likeness (QED) is 0.549. The van der Waals surface area contributed by atoms with Gasteiger partial charge in [-0.05, 0) is 60.7 Å². The van der Waals surface area contributed by atoms with E-state index in [-0.39, 0.29) is 5.91 Å². The van der Waals surface area contributed by atoms with Gasteiger partial charge in [-0.2, -0.15) is 0 Å². The minimum absolute atomic E-state index is 0.0190. The van der Waals surface area contributed by atoms with Crippen LogP contribution in [-0.2, 0) is 17.8 Å². The van der Waals surface area contributed by atoms with E-state index in [2.05, 4.69) is 41.5 Å². The number of rotatable bonds is 6. The molecule has 2 aromatic carbocycles. The first-order chi connectivity index (χ1) is 13.1. The molecule has 0 saturated carbocycles. The molecule has 2 N–H and O–H groups in total. The summed E-state index contributed by atoms with van der Waals surface area (Å²) in [5.41, 5.74) is 4.55. The number of fused-ring (bicyclic) bond motifs is 2. The van der Waals surface area contributed by atoms with Crippen LogP contribution in [-0.4, -0.2) is 29.1 Å². The summed E-state index contributed by atoms with van der Waals surface area (Å²) in [6, 6.07) is 14.3. The maximum atomic E-state index is 12.4. The summed E-state index contributed by atoms with van der Waals surface area (Å²) < 4.78 is 7.29. The number of benzene rings is 2. The number of amides is 1. The molecule has 0 saturated heterocycles. The monoisotopic (exact) mass is 361 g/mol. The Morgan fingerprint density at radius 1 is 1.19 bits per heavy atom. The molecule has 2 aromatic heterocycles. The Morgan fingerprint density at radius 2 is 2.07 bits per heavy atom. The molecule has 0 radical (unpaired) electrons. The molecule has 0 unspecified atom stereocenters. The van der Waals surface area contributed by atoms with Crippen LogP contribution >= 0.6 is 0 Å². The van der Waals surface area contributed by atoms with Crippen molar-refractivity contribution in [3.63, 3.8) is 0 Å². The molecule has 4 aromatic rings. The van der Waals surface area contributed by atoms with Gasteiger partial charge in [0.1, 0.15) is 12.3 Å². The molecule has 0 spiro atoms. The number of ether oxygens (including phenoxy) is 1. The lowest BCUT2D eigenvalue weighted by Gasteiger charge is -2.08. The molecule has 138 valence electrons. The van der Waals surface area contributed by atoms with E-state index in [9.17, 15) is 4.79 Å². The number of nitrogens with one attached hydrogen (secondary N) is 2. The van der Waals surface area contributed by atoms with Crippen LogP contribution in [0.15, 0.2) is 54.9 Å². The Balaban J connectivity index is 1.38. The Bertz CT molecular complexity index is 1110. The van der Waals surface area contributed by atoms with Gasteiger partial charge < -0.3 is 19.6 Å². The van der Waals surface area contributed by atoms with E-state index in [1.54, 1.807) is 7.11 Å². The van der Waals surface area contributed by atoms with Gasteiger partial charge in [-0.1, -0.05) is 11.6 Å². The summed E-state index contributed by atoms with van der Waals surface area (Å²) in [7, 11) is 1.67. The fourth-order valence-electron chi connectivity index (χ4n) is 3.50. The first-order valence-electron chi connectivity index (χ1n) is 9.10. The van der Waals surface area contributed by atoms with Gasteiger partial charge in [0.25, 0.3) is 0 Å². The molecule has 0 aliphatic rings. The summed E-state index contributed by atoms with van der Waals surface area (Å²) in [6.07, 6.45) is 4.73. The minimum atomic E-state index is 0.0190. The van der Waals surface area contributed by atoms with Gasteiger partial charge in [0.15, 0.2) is 0 Å². The smallest absolute Gasteiger partial charge is 0.239 e. The zero-order chi connectivity index (χ0) is 18.8. The largest absolute Gasteiger partial charge is 0.497 e. The van der Waals surface area contributed by atoms with Crippen molar-refractivity contribution in [1.29, 1.82) is 0 Å². The first-order valence-corrected chi connectivity index (χ1v) is 9.10. The molecule has 0 aliphatic carbocycles. The lowest BCUT2D eigenvalue weighted by Crippen LogP contribution is -2.29. The van der Waals surface area contributed by atoms with E-state index >= 15 is 0 Å². The standard InChI is InChI=1S/C22H23N3O2/c1-15-3-6-21-16(11-15)8-10-25(21)14-22(26)23-9-7-17-13-24-20-5-4-18(27-2)12-19(17)20/h3-6,8,10-13,24H,7,9,14H2,1-2H3,(H,23,26). The second-order valence-corrected chi connectivity index (χ2v) is 6.83. The van der Waals surface area contributed by atoms with E-state index < -0.39 is 0 Å². The third kappa shape index (κ3) is 3.53. The van der Waals surface area contributed by atoms with Crippen LogP contribution in [0.25, 0.3) is 21.8 Å². The molecular weight excluding hydrogens is 338 g/mol. The van der Waals surface area contributed by atoms with Crippen molar-refractivity contribution in [1.82, 2.24) is 14.9 Å². The predicted octanol–water partition coefficient (Wildman–Crippen LogP) is 3.80. The van der Waals surface area contributed by atoms with Crippen molar-refractivity contribution >= 4 is 27.7 Å². The molecule has 0 bridgehead atoms. The van der Waals surface area contributed by atoms with E-state index in [4.69, 9.17) is 4.74 Å². The van der Waals surface area contributed by atoms with Gasteiger partial charge in [-0.15, -0.1) is 0 Å². The number of nitrogens with zero attached hydrogens (tertiary/aromatic N) is 1. The molecule has 2 heterocycles. The van der Waals surface area contributed by atoms with E-state index in [0.29, 0.717) is 13.1 Å². The maximum Gasteiger partial charge on any atom is 0.239 e. The average Bonchev–Trinajstić information content (AvgIpc) is 3.25. The molecule has 5 nitrogen and oxygen atoms in total. The van der Waals surface area contributed by atoms with Crippen LogP contribution in [0.1, 0.15) is 11.1 Å². The van der Waals surface area contributed by atoms with Crippen molar-refractivity contribution in [2.75, 3.05) is 13.7 Å². The van der Waals surface area contributed by atoms with Crippen molar-refractivity contribution in [2.24, 2.45) is 0 Å². The van der Waals surface area contributed by atoms with Gasteiger partial charge in [0.05, 0.1) is 7.11 Å². The van der Waals surface area contributed by atoms with E-state index in [0.717, 1.165) is 34.0 Å². The van der Waals surface area contributed by atoms with E-state index in [1.165, 1.54) is 11.1 Å². The lowest BCUT2D eigenvalue weighted by molar-refractivity contribution is -0.121. The van der Waals surface area contributed by atoms with Gasteiger partial charge in [0.2, 0.25) is 5.91 Å². The van der Waals surface area contributed by atoms with Crippen molar-refractivity contribution in [3.8, 4) is 5.75 Å². The highest BCUT2D eigenvalue weighted by atomic mass is 16.5. The zero-order valence-electron chi connectivity index (χ0n) is 15.6. The molecule has 1 amide bonds. The van der Waals surface area contributed by atoms with Crippen LogP contribution in [0.5, 0.6) is 5.75 Å². The molecule has 4 rings (SSSR count). The maximum absolute atomic E-state index is 12.4. The molecule has 27 heavy (non-hydrogen) atoms. The molecular formula is C22H23N3O2. The number of aromatic amines is 1. The number of methoxy groups -OCH3 is 1. The Labute approximate surface area is 157 Å². The minimum Gasteiger partial charge on any atom is -0.497 e. The van der Waals surface area contributed by atoms with E-state index in [1.807, 2.05) is 35.2 Å². The Hall–Kier alpha value is -3.21. The van der Waals surface area contributed by atoms with Crippen LogP contribution in [0, 0.1) is 6.92 Å². The van der Waals surface area contributed by atoms with Crippen LogP contribution in [0.2, 0.25) is 0 Å². The summed E-state index contributed by atoms with van der Waals surface area (Å²) >= 11 is 0. The third-order valence-electron chi connectivity index (χ3n) is 4.93. The Morgan fingerprint density at radius 3 is 2.93 bits per heavy atom. The number of hydrogen-bond acceptors (Lipinski definition) is 2. The van der Waals surface area contributed by atoms with Crippen LogP contribution in [0.4, 0.5) is 0 Å². The Kier molecular flexibility index (Phi) is 4.59. The number of hydrogen-bond donors (Lipinski definition) is 2. The number of H-pyrrole nitrogens is 1. The van der Waals surface area contributed by atoms with Gasteiger partial charge in [-0.3, -0.25) is 4.79 Å². The predicted molar refractivity (Wildman–Crippen MR) is 108 cm³/mol. The number of carbonyl (C=O) groups excluding carboxylic acids is 1. The molecule has 5 heteroatoms. The highest BCUT2D eigenvalue weighted by molar-refractivity contribution is 5.85. The first kappa shape index (κ1) is 17.2. The summed E-state index contributed by atoms with van der Waals surface area (Å²) in [5.74, 6) is 0.854. The van der Waals surface area contributed by atoms with Gasteiger partial charge >= 0.3 is 0 Å². The molecule has 0 fully saturated rings. The summed E-state index contributed by atoms with van der Waals surface area (Å²) in [5, 5.41) is 5.32. The van der Waals surface area contributed by atoms with Gasteiger partial charge in [-0.25, -0.2) is 0 Å². The number of carbonyl (C=O) groups is 1. The summed E-state index contributed by atoms with van der Waals surface area (Å²) in [4.78, 5) is 15.6. The fourth-order valence-corrected chi connectivity index (χ4v) is 3.50. The fraction of sp³-hybridized carbons (Fsp3) is 0.227. The normalized spacial score (nSPS) is 11.2. The van der Waals surface area contributed by atoms with Crippen LogP contribution in [0.3, 0.4) is 0 Å². The average molecular weight is 361 g/mol. The lowest BCUT2D eigenvalue weighted by atomic mass is 10.1.